The quantitative estimate of drug-likeness (QED) is 0.203. The number of carboxylic acids is 1. The first kappa shape index (κ1) is 23.2. The van der Waals surface area contributed by atoms with Gasteiger partial charge in [0.05, 0.1) is 12.0 Å². The van der Waals surface area contributed by atoms with E-state index in [1.165, 1.54) is 16.7 Å². The second-order valence-electron chi connectivity index (χ2n) is 8.41. The molecule has 0 saturated heterocycles. The zero-order valence-electron chi connectivity index (χ0n) is 19.3. The Balaban J connectivity index is 1.68. The van der Waals surface area contributed by atoms with Crippen molar-refractivity contribution in [2.45, 2.75) is 37.6 Å². The number of unbranched alkanes of at least 4 members (excludes halogenated alkanes) is 3. The van der Waals surface area contributed by atoms with Gasteiger partial charge in [-0.25, -0.2) is 4.98 Å². The van der Waals surface area contributed by atoms with Crippen LogP contribution >= 0.6 is 0 Å². The minimum Gasteiger partial charge on any atom is -0.481 e. The highest BCUT2D eigenvalue weighted by molar-refractivity contribution is 5.66. The van der Waals surface area contributed by atoms with E-state index in [1.807, 2.05) is 24.5 Å². The van der Waals surface area contributed by atoms with E-state index in [0.717, 1.165) is 31.4 Å². The summed E-state index contributed by atoms with van der Waals surface area (Å²) in [5, 5.41) is 8.76. The second-order valence-corrected chi connectivity index (χ2v) is 8.41. The summed E-state index contributed by atoms with van der Waals surface area (Å²) >= 11 is 0. The maximum absolute atomic E-state index is 10.6. The van der Waals surface area contributed by atoms with E-state index >= 15 is 0 Å². The highest BCUT2D eigenvalue weighted by Gasteiger charge is 2.38. The molecule has 0 fully saturated rings. The summed E-state index contributed by atoms with van der Waals surface area (Å²) in [5.41, 5.74) is 3.84. The number of aromatic nitrogens is 2. The Morgan fingerprint density at radius 1 is 0.794 bits per heavy atom. The highest BCUT2D eigenvalue weighted by atomic mass is 16.4. The smallest absolute Gasteiger partial charge is 0.303 e. The fourth-order valence-corrected chi connectivity index (χ4v) is 4.51. The van der Waals surface area contributed by atoms with Crippen LogP contribution in [0.5, 0.6) is 0 Å². The zero-order chi connectivity index (χ0) is 23.6. The van der Waals surface area contributed by atoms with Gasteiger partial charge in [-0.3, -0.25) is 4.79 Å². The summed E-state index contributed by atoms with van der Waals surface area (Å²) in [6, 6.07) is 31.7. The number of benzene rings is 3. The first-order valence-electron chi connectivity index (χ1n) is 11.8. The van der Waals surface area contributed by atoms with Crippen molar-refractivity contribution in [1.29, 1.82) is 0 Å². The lowest BCUT2D eigenvalue weighted by molar-refractivity contribution is -0.137. The van der Waals surface area contributed by atoms with Crippen LogP contribution in [0.15, 0.2) is 110 Å². The molecule has 4 nitrogen and oxygen atoms in total. The molecule has 3 aromatic carbocycles. The number of hydrogen-bond donors (Lipinski definition) is 1. The first-order chi connectivity index (χ1) is 16.7. The molecule has 172 valence electrons. The van der Waals surface area contributed by atoms with Crippen LogP contribution in [-0.4, -0.2) is 20.6 Å². The average Bonchev–Trinajstić information content (AvgIpc) is 3.35. The zero-order valence-corrected chi connectivity index (χ0v) is 19.3. The predicted molar refractivity (Wildman–Crippen MR) is 137 cm³/mol. The van der Waals surface area contributed by atoms with Crippen LogP contribution in [0, 0.1) is 0 Å². The van der Waals surface area contributed by atoms with Crippen LogP contribution in [0.3, 0.4) is 0 Å². The van der Waals surface area contributed by atoms with Gasteiger partial charge >= 0.3 is 5.97 Å². The van der Waals surface area contributed by atoms with E-state index in [0.29, 0.717) is 0 Å². The fraction of sp³-hybridized carbons (Fsp3) is 0.200. The van der Waals surface area contributed by atoms with Crippen molar-refractivity contribution < 1.29 is 9.90 Å². The molecular weight excluding hydrogens is 420 g/mol. The third-order valence-corrected chi connectivity index (χ3v) is 6.11. The van der Waals surface area contributed by atoms with Gasteiger partial charge in [0.2, 0.25) is 0 Å². The largest absolute Gasteiger partial charge is 0.481 e. The Kier molecular flexibility index (Phi) is 7.71. The summed E-state index contributed by atoms with van der Waals surface area (Å²) in [7, 11) is 0. The molecule has 0 radical (unpaired) electrons. The normalized spacial score (nSPS) is 11.6. The molecule has 0 bridgehead atoms. The third-order valence-electron chi connectivity index (χ3n) is 6.11. The van der Waals surface area contributed by atoms with Gasteiger partial charge in [0, 0.05) is 12.6 Å². The molecule has 0 saturated carbocycles. The van der Waals surface area contributed by atoms with Crippen molar-refractivity contribution in [2.75, 3.05) is 0 Å². The van der Waals surface area contributed by atoms with Gasteiger partial charge in [-0.2, -0.15) is 0 Å². The molecule has 0 spiro atoms. The van der Waals surface area contributed by atoms with Crippen molar-refractivity contribution in [1.82, 2.24) is 9.55 Å². The molecule has 34 heavy (non-hydrogen) atoms. The molecule has 1 aromatic heterocycles. The molecule has 0 unspecified atom stereocenters. The van der Waals surface area contributed by atoms with Crippen LogP contribution in [-0.2, 0) is 10.3 Å². The van der Waals surface area contributed by atoms with E-state index in [1.54, 1.807) is 0 Å². The molecule has 0 aliphatic rings. The van der Waals surface area contributed by atoms with Gasteiger partial charge in [0.25, 0.3) is 0 Å². The Bertz CT molecular complexity index is 1100. The van der Waals surface area contributed by atoms with Gasteiger partial charge in [0.15, 0.2) is 0 Å². The molecule has 0 atom stereocenters. The molecule has 4 aromatic rings. The maximum Gasteiger partial charge on any atom is 0.303 e. The standard InChI is InChI=1S/C30H30N2O2/c33-29(34)22-14-3-1-2-13-21-28-23-32(24-31-28)30(25-15-7-4-8-16-25,26-17-9-5-10-18-26)27-19-11-6-12-20-27/h4-13,15-21,23-24H,1-3,14,22H2,(H,33,34). The van der Waals surface area contributed by atoms with E-state index in [2.05, 4.69) is 95.7 Å². The van der Waals surface area contributed by atoms with Crippen LogP contribution < -0.4 is 0 Å². The average molecular weight is 451 g/mol. The molecule has 4 rings (SSSR count). The minimum atomic E-state index is -0.722. The number of hydrogen-bond acceptors (Lipinski definition) is 2. The number of imidazole rings is 1. The lowest BCUT2D eigenvalue weighted by Gasteiger charge is -2.37. The van der Waals surface area contributed by atoms with Crippen molar-refractivity contribution in [3.63, 3.8) is 0 Å². The molecule has 4 heteroatoms. The number of rotatable bonds is 11. The minimum absolute atomic E-state index is 0.245. The van der Waals surface area contributed by atoms with E-state index in [-0.39, 0.29) is 6.42 Å². The van der Waals surface area contributed by atoms with Gasteiger partial charge in [0.1, 0.15) is 5.54 Å². The van der Waals surface area contributed by atoms with Crippen LogP contribution in [0.25, 0.3) is 6.08 Å². The number of allylic oxidation sites excluding steroid dienone is 1. The summed E-state index contributed by atoms with van der Waals surface area (Å²) in [6.07, 6.45) is 12.0. The van der Waals surface area contributed by atoms with Crippen molar-refractivity contribution in [3.8, 4) is 0 Å². The molecule has 0 aliphatic heterocycles. The van der Waals surface area contributed by atoms with Gasteiger partial charge in [-0.15, -0.1) is 0 Å². The number of nitrogens with zero attached hydrogens (tertiary/aromatic N) is 2. The summed E-state index contributed by atoms with van der Waals surface area (Å²) in [5.74, 6) is -0.722. The number of aliphatic carboxylic acids is 1. The fourth-order valence-electron chi connectivity index (χ4n) is 4.51. The Morgan fingerprint density at radius 2 is 1.32 bits per heavy atom. The summed E-state index contributed by atoms with van der Waals surface area (Å²) in [4.78, 5) is 15.4. The molecule has 1 N–H and O–H groups in total. The predicted octanol–water partition coefficient (Wildman–Crippen LogP) is 6.77. The van der Waals surface area contributed by atoms with Gasteiger partial charge in [-0.1, -0.05) is 103 Å². The van der Waals surface area contributed by atoms with Crippen molar-refractivity contribution >= 4 is 12.0 Å². The van der Waals surface area contributed by atoms with E-state index < -0.39 is 11.5 Å². The Labute approximate surface area is 201 Å². The SMILES string of the molecule is O=C(O)CCCCCC=Cc1cn(C(c2ccccc2)(c2ccccc2)c2ccccc2)cn1. The molecule has 0 amide bonds. The van der Waals surface area contributed by atoms with Crippen molar-refractivity contribution in [2.24, 2.45) is 0 Å². The van der Waals surface area contributed by atoms with Crippen LogP contribution in [0.1, 0.15) is 54.5 Å². The molecular formula is C30H30N2O2. The second kappa shape index (κ2) is 11.3. The maximum atomic E-state index is 10.6. The number of carboxylic acid groups (broad SMARTS) is 1. The highest BCUT2D eigenvalue weighted by Crippen LogP contribution is 2.40. The Morgan fingerprint density at radius 3 is 1.82 bits per heavy atom. The van der Waals surface area contributed by atoms with Gasteiger partial charge < -0.3 is 9.67 Å². The monoisotopic (exact) mass is 450 g/mol. The topological polar surface area (TPSA) is 55.1 Å². The van der Waals surface area contributed by atoms with Crippen LogP contribution in [0.2, 0.25) is 0 Å². The lowest BCUT2D eigenvalue weighted by Crippen LogP contribution is -2.36. The molecule has 0 aliphatic carbocycles. The number of carbonyl (C=O) groups is 1. The lowest BCUT2D eigenvalue weighted by atomic mass is 9.77. The summed E-state index contributed by atoms with van der Waals surface area (Å²) in [6.45, 7) is 0. The molecule has 1 heterocycles. The van der Waals surface area contributed by atoms with Gasteiger partial charge in [-0.05, 0) is 42.0 Å². The third kappa shape index (κ3) is 5.18. The summed E-state index contributed by atoms with van der Waals surface area (Å²) < 4.78 is 2.21. The van der Waals surface area contributed by atoms with Crippen molar-refractivity contribution in [3.05, 3.63) is 132 Å². The van der Waals surface area contributed by atoms with E-state index in [9.17, 15) is 4.79 Å². The Hall–Kier alpha value is -3.92. The van der Waals surface area contributed by atoms with E-state index in [4.69, 9.17) is 10.1 Å². The first-order valence-corrected chi connectivity index (χ1v) is 11.8. The van der Waals surface area contributed by atoms with Crippen LogP contribution in [0.4, 0.5) is 0 Å².